The van der Waals surface area contributed by atoms with E-state index in [1.54, 1.807) is 39.1 Å². The maximum Gasteiger partial charge on any atom is 0.407 e. The van der Waals surface area contributed by atoms with E-state index in [9.17, 15) is 14.0 Å². The molecule has 9 heteroatoms. The second kappa shape index (κ2) is 8.28. The monoisotopic (exact) mass is 462 g/mol. The molecule has 152 valence electrons. The van der Waals surface area contributed by atoms with Crippen molar-refractivity contribution in [1.29, 1.82) is 0 Å². The van der Waals surface area contributed by atoms with Gasteiger partial charge in [-0.05, 0) is 61.0 Å². The molecule has 0 bridgehead atoms. The van der Waals surface area contributed by atoms with Crippen molar-refractivity contribution in [3.05, 3.63) is 63.1 Å². The van der Waals surface area contributed by atoms with Gasteiger partial charge >= 0.3 is 6.09 Å². The van der Waals surface area contributed by atoms with Crippen LogP contribution in [0.15, 0.2) is 45.9 Å². The quantitative estimate of drug-likeness (QED) is 0.637. The molecule has 0 aliphatic carbocycles. The van der Waals surface area contributed by atoms with Crippen molar-refractivity contribution in [2.24, 2.45) is 0 Å². The maximum absolute atomic E-state index is 14.4. The van der Waals surface area contributed by atoms with E-state index >= 15 is 0 Å². The van der Waals surface area contributed by atoms with Crippen molar-refractivity contribution >= 4 is 32.9 Å². The Hall–Kier alpha value is -2.81. The Morgan fingerprint density at radius 3 is 2.72 bits per heavy atom. The molecule has 29 heavy (non-hydrogen) atoms. The Bertz CT molecular complexity index is 1110. The average molecular weight is 463 g/mol. The highest BCUT2D eigenvalue weighted by Crippen LogP contribution is 2.23. The van der Waals surface area contributed by atoms with Gasteiger partial charge in [-0.1, -0.05) is 0 Å². The number of rotatable bonds is 4. The number of carbonyl (C=O) groups is 1. The van der Waals surface area contributed by atoms with Crippen molar-refractivity contribution in [2.45, 2.75) is 32.8 Å². The first-order valence-electron chi connectivity index (χ1n) is 8.94. The van der Waals surface area contributed by atoms with E-state index in [0.29, 0.717) is 16.0 Å². The highest BCUT2D eigenvalue weighted by Gasteiger charge is 2.19. The number of pyridine rings is 1. The minimum Gasteiger partial charge on any atom is -0.444 e. The molecular weight excluding hydrogens is 443 g/mol. The van der Waals surface area contributed by atoms with E-state index < -0.39 is 23.1 Å². The van der Waals surface area contributed by atoms with Gasteiger partial charge in [0.2, 0.25) is 0 Å². The van der Waals surface area contributed by atoms with Crippen LogP contribution in [0.4, 0.5) is 9.18 Å². The van der Waals surface area contributed by atoms with Gasteiger partial charge in [0.15, 0.2) is 0 Å². The van der Waals surface area contributed by atoms with E-state index in [1.165, 1.54) is 22.9 Å². The molecule has 3 rings (SSSR count). The lowest BCUT2D eigenvalue weighted by atomic mass is 10.2. The summed E-state index contributed by atoms with van der Waals surface area (Å²) in [7, 11) is 0. The number of alkyl carbamates (subject to hydrolysis) is 1. The van der Waals surface area contributed by atoms with Crippen LogP contribution < -0.4 is 10.9 Å². The second-order valence-corrected chi connectivity index (χ2v) is 8.17. The first-order chi connectivity index (χ1) is 13.7. The summed E-state index contributed by atoms with van der Waals surface area (Å²) in [5.41, 5.74) is -0.591. The van der Waals surface area contributed by atoms with Crippen molar-refractivity contribution in [3.8, 4) is 5.69 Å². The molecule has 1 amide bonds. The van der Waals surface area contributed by atoms with Gasteiger partial charge in [0.25, 0.3) is 5.56 Å². The molecule has 0 aliphatic heterocycles. The Morgan fingerprint density at radius 1 is 1.31 bits per heavy atom. The number of ether oxygens (including phenoxy) is 1. The number of halogens is 2. The van der Waals surface area contributed by atoms with E-state index in [0.717, 1.165) is 0 Å². The number of amides is 1. The first kappa shape index (κ1) is 20.9. The SMILES string of the molecule is CC(C)(C)OC(=O)NCCc1nc2c(F)ccc(Br)c2c(=O)n1-c1cccnc1. The zero-order chi connectivity index (χ0) is 21.2. The van der Waals surface area contributed by atoms with Crippen LogP contribution in [0, 0.1) is 5.82 Å². The number of hydrogen-bond donors (Lipinski definition) is 1. The number of fused-ring (bicyclic) bond motifs is 1. The molecule has 0 aliphatic rings. The molecule has 2 heterocycles. The van der Waals surface area contributed by atoms with Crippen molar-refractivity contribution in [1.82, 2.24) is 19.9 Å². The van der Waals surface area contributed by atoms with Crippen molar-refractivity contribution in [2.75, 3.05) is 6.54 Å². The fraction of sp³-hybridized carbons (Fsp3) is 0.300. The Morgan fingerprint density at radius 2 is 2.07 bits per heavy atom. The third-order valence-electron chi connectivity index (χ3n) is 3.91. The highest BCUT2D eigenvalue weighted by molar-refractivity contribution is 9.10. The lowest BCUT2D eigenvalue weighted by molar-refractivity contribution is 0.0528. The molecule has 0 saturated heterocycles. The Kier molecular flexibility index (Phi) is 5.97. The second-order valence-electron chi connectivity index (χ2n) is 7.31. The minimum atomic E-state index is -0.626. The van der Waals surface area contributed by atoms with Crippen molar-refractivity contribution in [3.63, 3.8) is 0 Å². The number of carbonyl (C=O) groups excluding carboxylic acids is 1. The van der Waals surface area contributed by atoms with Crippen LogP contribution in [0.2, 0.25) is 0 Å². The topological polar surface area (TPSA) is 86.1 Å². The lowest BCUT2D eigenvalue weighted by Crippen LogP contribution is -2.34. The summed E-state index contributed by atoms with van der Waals surface area (Å²) in [5, 5.41) is 2.76. The van der Waals surface area contributed by atoms with Gasteiger partial charge < -0.3 is 10.1 Å². The molecule has 1 aromatic carbocycles. The molecule has 7 nitrogen and oxygen atoms in total. The summed E-state index contributed by atoms with van der Waals surface area (Å²) < 4.78 is 21.4. The summed E-state index contributed by atoms with van der Waals surface area (Å²) in [4.78, 5) is 33.5. The number of aromatic nitrogens is 3. The van der Waals surface area contributed by atoms with Crippen LogP contribution in [0.25, 0.3) is 16.6 Å². The number of nitrogens with one attached hydrogen (secondary N) is 1. The molecule has 0 spiro atoms. The molecular formula is C20H20BrFN4O3. The van der Waals surface area contributed by atoms with Gasteiger partial charge in [-0.2, -0.15) is 0 Å². The van der Waals surface area contributed by atoms with Gasteiger partial charge in [-0.15, -0.1) is 0 Å². The first-order valence-corrected chi connectivity index (χ1v) is 9.73. The summed E-state index contributed by atoms with van der Waals surface area (Å²) in [6.07, 6.45) is 2.71. The molecule has 0 radical (unpaired) electrons. The molecule has 0 saturated carbocycles. The third kappa shape index (κ3) is 4.79. The van der Waals surface area contributed by atoms with E-state index in [2.05, 4.69) is 31.2 Å². The van der Waals surface area contributed by atoms with Crippen LogP contribution >= 0.6 is 15.9 Å². The van der Waals surface area contributed by atoms with E-state index in [-0.39, 0.29) is 23.9 Å². The van der Waals surface area contributed by atoms with Crippen LogP contribution in [0.3, 0.4) is 0 Å². The molecule has 0 atom stereocenters. The van der Waals surface area contributed by atoms with Crippen molar-refractivity contribution < 1.29 is 13.9 Å². The smallest absolute Gasteiger partial charge is 0.407 e. The van der Waals surface area contributed by atoms with Gasteiger partial charge in [-0.25, -0.2) is 14.2 Å². The molecule has 0 unspecified atom stereocenters. The normalized spacial score (nSPS) is 11.5. The summed E-state index contributed by atoms with van der Waals surface area (Å²) in [6.45, 7) is 5.44. The van der Waals surface area contributed by atoms with Gasteiger partial charge in [-0.3, -0.25) is 14.3 Å². The highest BCUT2D eigenvalue weighted by atomic mass is 79.9. The zero-order valence-electron chi connectivity index (χ0n) is 16.2. The van der Waals surface area contributed by atoms with E-state index in [1.807, 2.05) is 0 Å². The van der Waals surface area contributed by atoms with Crippen LogP contribution in [0.5, 0.6) is 0 Å². The standard InChI is InChI=1S/C20H20BrFN4O3/c1-20(2,3)29-19(28)24-10-8-15-25-17-14(22)7-6-13(21)16(17)18(27)26(15)12-5-4-9-23-11-12/h4-7,9,11H,8,10H2,1-3H3,(H,24,28). The van der Waals surface area contributed by atoms with E-state index in [4.69, 9.17) is 4.74 Å². The maximum atomic E-state index is 14.4. The average Bonchev–Trinajstić information content (AvgIpc) is 2.64. The predicted molar refractivity (Wildman–Crippen MR) is 111 cm³/mol. The molecule has 2 aromatic heterocycles. The number of benzene rings is 1. The van der Waals surface area contributed by atoms with Crippen LogP contribution in [0.1, 0.15) is 26.6 Å². The lowest BCUT2D eigenvalue weighted by Gasteiger charge is -2.20. The number of hydrogen-bond acceptors (Lipinski definition) is 5. The molecule has 3 aromatic rings. The fourth-order valence-corrected chi connectivity index (χ4v) is 3.26. The van der Waals surface area contributed by atoms with Gasteiger partial charge in [0, 0.05) is 23.6 Å². The summed E-state index contributed by atoms with van der Waals surface area (Å²) in [5.74, 6) is -0.302. The largest absolute Gasteiger partial charge is 0.444 e. The molecule has 1 N–H and O–H groups in total. The third-order valence-corrected chi connectivity index (χ3v) is 4.58. The Balaban J connectivity index is 2.02. The minimum absolute atomic E-state index is 0.0308. The summed E-state index contributed by atoms with van der Waals surface area (Å²) in [6, 6.07) is 6.11. The van der Waals surface area contributed by atoms with Crippen LogP contribution in [-0.4, -0.2) is 32.8 Å². The number of nitrogens with zero attached hydrogens (tertiary/aromatic N) is 3. The fourth-order valence-electron chi connectivity index (χ4n) is 2.77. The molecule has 0 fully saturated rings. The van der Waals surface area contributed by atoms with Gasteiger partial charge in [0.1, 0.15) is 22.8 Å². The zero-order valence-corrected chi connectivity index (χ0v) is 17.8. The Labute approximate surface area is 175 Å². The van der Waals surface area contributed by atoms with Crippen LogP contribution in [-0.2, 0) is 11.2 Å². The van der Waals surface area contributed by atoms with Gasteiger partial charge in [0.05, 0.1) is 17.3 Å². The summed E-state index contributed by atoms with van der Waals surface area (Å²) >= 11 is 3.30. The predicted octanol–water partition coefficient (Wildman–Crippen LogP) is 3.75.